The van der Waals surface area contributed by atoms with E-state index in [4.69, 9.17) is 5.41 Å². The van der Waals surface area contributed by atoms with E-state index in [2.05, 4.69) is 4.98 Å². The number of hydrogen-bond donors (Lipinski definition) is 1. The first kappa shape index (κ1) is 6.77. The Kier molecular flexibility index (Phi) is 2.24. The molecule has 1 rings (SSSR count). The van der Waals surface area contributed by atoms with E-state index >= 15 is 0 Å². The molecule has 1 aromatic heterocycles. The fraction of sp³-hybridized carbons (Fsp3) is 0.200. The molecule has 48 valence electrons. The van der Waals surface area contributed by atoms with Crippen LogP contribution < -0.4 is 4.67 Å². The van der Waals surface area contributed by atoms with Crippen LogP contribution in [0.5, 0.6) is 0 Å². The molecule has 1 N–H and O–H groups in total. The van der Waals surface area contributed by atoms with Crippen molar-refractivity contribution in [3.05, 3.63) is 16.9 Å². The lowest BCUT2D eigenvalue weighted by Crippen LogP contribution is -1.91. The van der Waals surface area contributed by atoms with Crippen molar-refractivity contribution in [3.8, 4) is 0 Å². The summed E-state index contributed by atoms with van der Waals surface area (Å²) in [4.78, 5) is 4.02. The molecule has 0 spiro atoms. The Balaban J connectivity index is 3.08. The molecule has 0 radical (unpaired) electrons. The summed E-state index contributed by atoms with van der Waals surface area (Å²) in [6.07, 6.45) is 3.61. The molecule has 1 aromatic rings. The van der Waals surface area contributed by atoms with Crippen LogP contribution >= 0.6 is 23.1 Å². The smallest absolute Gasteiger partial charge is 0.151 e. The molecular weight excluding hydrogens is 152 g/mol. The number of nitrogens with one attached hydrogen (secondary N) is 1. The number of hydrogen-bond acceptors (Lipinski definition) is 4. The van der Waals surface area contributed by atoms with Gasteiger partial charge in [-0.3, -0.25) is 5.41 Å². The summed E-state index contributed by atoms with van der Waals surface area (Å²) >= 11 is 2.97. The fourth-order valence-electron chi connectivity index (χ4n) is 0.415. The molecule has 0 atom stereocenters. The second-order valence-corrected chi connectivity index (χ2v) is 3.47. The maximum absolute atomic E-state index is 7.20. The highest BCUT2D eigenvalue weighted by Crippen LogP contribution is 2.11. The van der Waals surface area contributed by atoms with Gasteiger partial charge in [0.2, 0.25) is 0 Å². The average Bonchev–Trinajstić information content (AvgIpc) is 1.88. The molecule has 9 heavy (non-hydrogen) atoms. The second kappa shape index (κ2) is 2.98. The number of aromatic nitrogens is 1. The molecule has 4 heteroatoms. The third-order valence-electron chi connectivity index (χ3n) is 0.778. The highest BCUT2D eigenvalue weighted by molar-refractivity contribution is 8.00. The van der Waals surface area contributed by atoms with E-state index < -0.39 is 0 Å². The van der Waals surface area contributed by atoms with Crippen LogP contribution in [0.1, 0.15) is 0 Å². The predicted octanol–water partition coefficient (Wildman–Crippen LogP) is 1.34. The van der Waals surface area contributed by atoms with Crippen LogP contribution in [0.2, 0.25) is 0 Å². The van der Waals surface area contributed by atoms with E-state index in [-0.39, 0.29) is 0 Å². The maximum atomic E-state index is 7.20. The molecule has 0 aliphatic heterocycles. The van der Waals surface area contributed by atoms with Gasteiger partial charge in [-0.1, -0.05) is 23.1 Å². The Morgan fingerprint density at radius 1 is 1.78 bits per heavy atom. The van der Waals surface area contributed by atoms with Gasteiger partial charge in [-0.15, -0.1) is 0 Å². The Hall–Kier alpha value is -0.350. The van der Waals surface area contributed by atoms with Crippen LogP contribution in [-0.2, 0) is 0 Å². The predicted molar refractivity (Wildman–Crippen MR) is 39.7 cm³/mol. The third kappa shape index (κ3) is 1.80. The summed E-state index contributed by atoms with van der Waals surface area (Å²) in [6, 6.07) is 1.68. The molecule has 0 unspecified atom stereocenters. The number of thioether (sulfide) groups is 1. The first-order chi connectivity index (χ1) is 4.33. The van der Waals surface area contributed by atoms with Crippen LogP contribution in [0.3, 0.4) is 0 Å². The largest absolute Gasteiger partial charge is 0.290 e. The summed E-state index contributed by atoms with van der Waals surface area (Å²) in [7, 11) is 0. The summed E-state index contributed by atoms with van der Waals surface area (Å²) in [5.41, 5.74) is 0. The van der Waals surface area contributed by atoms with Crippen molar-refractivity contribution in [2.75, 3.05) is 6.26 Å². The second-order valence-electron chi connectivity index (χ2n) is 1.38. The van der Waals surface area contributed by atoms with E-state index in [9.17, 15) is 0 Å². The summed E-state index contributed by atoms with van der Waals surface area (Å²) < 4.78 is 1.51. The minimum absolute atomic E-state index is 0.564. The van der Waals surface area contributed by atoms with Gasteiger partial charge in [-0.2, -0.15) is 0 Å². The third-order valence-corrected chi connectivity index (χ3v) is 2.62. The van der Waals surface area contributed by atoms with Gasteiger partial charge in [0, 0.05) is 6.20 Å². The van der Waals surface area contributed by atoms with Crippen LogP contribution in [0.15, 0.2) is 16.6 Å². The molecule has 0 saturated heterocycles. The standard InChI is InChI=1S/C5H6N2S2/c1-8-5-7-3-2-4(6)9-5/h2-3,6H,1H3. The Labute approximate surface area is 61.5 Å². The van der Waals surface area contributed by atoms with Crippen molar-refractivity contribution in [3.63, 3.8) is 0 Å². The zero-order valence-corrected chi connectivity index (χ0v) is 6.55. The highest BCUT2D eigenvalue weighted by atomic mass is 32.2. The van der Waals surface area contributed by atoms with Gasteiger partial charge in [-0.25, -0.2) is 4.98 Å². The van der Waals surface area contributed by atoms with Gasteiger partial charge in [0.25, 0.3) is 0 Å². The lowest BCUT2D eigenvalue weighted by atomic mass is 10.7. The molecular formula is C5H6N2S2. The fourth-order valence-corrected chi connectivity index (χ4v) is 1.61. The molecule has 1 heterocycles. The van der Waals surface area contributed by atoms with Crippen LogP contribution in [0, 0.1) is 5.41 Å². The molecule has 0 amide bonds. The molecule has 0 saturated carbocycles. The maximum Gasteiger partial charge on any atom is 0.151 e. The summed E-state index contributed by atoms with van der Waals surface area (Å²) in [5, 5.41) is 7.20. The lowest BCUT2D eigenvalue weighted by molar-refractivity contribution is 1.19. The van der Waals surface area contributed by atoms with Gasteiger partial charge in [-0.05, 0) is 12.3 Å². The SMILES string of the molecule is CSc1nccc(=N)s1. The minimum Gasteiger partial charge on any atom is -0.290 e. The van der Waals surface area contributed by atoms with Gasteiger partial charge in [0.05, 0.1) is 0 Å². The van der Waals surface area contributed by atoms with Crippen molar-refractivity contribution in [1.29, 1.82) is 5.41 Å². The van der Waals surface area contributed by atoms with E-state index in [1.807, 2.05) is 6.26 Å². The van der Waals surface area contributed by atoms with Crippen molar-refractivity contribution >= 4 is 23.1 Å². The van der Waals surface area contributed by atoms with E-state index in [1.54, 1.807) is 24.0 Å². The summed E-state index contributed by atoms with van der Waals surface area (Å²) in [5.74, 6) is 0. The lowest BCUT2D eigenvalue weighted by Gasteiger charge is -1.88. The summed E-state index contributed by atoms with van der Waals surface area (Å²) in [6.45, 7) is 0. The van der Waals surface area contributed by atoms with E-state index in [0.717, 1.165) is 4.34 Å². The molecule has 0 aromatic carbocycles. The zero-order valence-electron chi connectivity index (χ0n) is 4.92. The van der Waals surface area contributed by atoms with Gasteiger partial charge < -0.3 is 0 Å². The number of nitrogens with zero attached hydrogens (tertiary/aromatic N) is 1. The molecule has 0 aliphatic carbocycles. The Morgan fingerprint density at radius 2 is 2.56 bits per heavy atom. The molecule has 2 nitrogen and oxygen atoms in total. The minimum atomic E-state index is 0.564. The zero-order chi connectivity index (χ0) is 6.69. The molecule has 0 bridgehead atoms. The topological polar surface area (TPSA) is 36.7 Å². The molecule has 0 aliphatic rings. The quantitative estimate of drug-likeness (QED) is 0.626. The van der Waals surface area contributed by atoms with Crippen molar-refractivity contribution < 1.29 is 0 Å². The van der Waals surface area contributed by atoms with Crippen LogP contribution in [-0.4, -0.2) is 11.2 Å². The normalized spacial score (nSPS) is 9.44. The highest BCUT2D eigenvalue weighted by Gasteiger charge is 1.87. The van der Waals surface area contributed by atoms with Crippen LogP contribution in [0.25, 0.3) is 0 Å². The first-order valence-electron chi connectivity index (χ1n) is 2.37. The average molecular weight is 158 g/mol. The van der Waals surface area contributed by atoms with Crippen molar-refractivity contribution in [1.82, 2.24) is 4.98 Å². The monoisotopic (exact) mass is 158 g/mol. The van der Waals surface area contributed by atoms with Gasteiger partial charge >= 0.3 is 0 Å². The van der Waals surface area contributed by atoms with Crippen molar-refractivity contribution in [2.45, 2.75) is 4.34 Å². The molecule has 0 fully saturated rings. The van der Waals surface area contributed by atoms with Crippen molar-refractivity contribution in [2.24, 2.45) is 0 Å². The van der Waals surface area contributed by atoms with E-state index in [0.29, 0.717) is 4.67 Å². The Bertz CT molecular complexity index is 243. The first-order valence-corrected chi connectivity index (χ1v) is 4.42. The van der Waals surface area contributed by atoms with Gasteiger partial charge in [0.1, 0.15) is 4.67 Å². The number of rotatable bonds is 1. The van der Waals surface area contributed by atoms with Gasteiger partial charge in [0.15, 0.2) is 4.34 Å². The van der Waals surface area contributed by atoms with Crippen LogP contribution in [0.4, 0.5) is 0 Å². The Morgan fingerprint density at radius 3 is 3.00 bits per heavy atom. The van der Waals surface area contributed by atoms with E-state index in [1.165, 1.54) is 11.3 Å².